The number of nitrogens with zero attached hydrogens (tertiary/aromatic N) is 2. The van der Waals surface area contributed by atoms with Gasteiger partial charge in [0.2, 0.25) is 5.91 Å². The van der Waals surface area contributed by atoms with E-state index in [-0.39, 0.29) is 5.91 Å². The van der Waals surface area contributed by atoms with Gasteiger partial charge in [0.25, 0.3) is 0 Å². The van der Waals surface area contributed by atoms with Gasteiger partial charge in [0.1, 0.15) is 0 Å². The normalized spacial score (nSPS) is 24.8. The van der Waals surface area contributed by atoms with E-state index >= 15 is 0 Å². The summed E-state index contributed by atoms with van der Waals surface area (Å²) in [5.41, 5.74) is 1.13. The maximum Gasteiger partial charge on any atom is 0.227 e. The molecule has 4 rings (SSSR count). The standard InChI is InChI=1S/C21H26N2O2/c1-16-14-23(15-20(16)22-9-11-25-12-10-22)21(24)13-18-7-4-6-17-5-2-3-8-19(17)18/h2-8,16,20H,9-15H2,1H3/t16-,20+/m1/s1. The molecule has 2 saturated heterocycles. The lowest BCUT2D eigenvalue weighted by Crippen LogP contribution is -2.47. The second kappa shape index (κ2) is 7.14. The van der Waals surface area contributed by atoms with Gasteiger partial charge in [0.15, 0.2) is 0 Å². The number of morpholine rings is 1. The van der Waals surface area contributed by atoms with Gasteiger partial charge in [-0.15, -0.1) is 0 Å². The summed E-state index contributed by atoms with van der Waals surface area (Å²) in [7, 11) is 0. The summed E-state index contributed by atoms with van der Waals surface area (Å²) in [6.07, 6.45) is 0.490. The molecule has 1 amide bonds. The van der Waals surface area contributed by atoms with E-state index in [1.807, 2.05) is 18.2 Å². The number of carbonyl (C=O) groups is 1. The highest BCUT2D eigenvalue weighted by atomic mass is 16.5. The third-order valence-corrected chi connectivity index (χ3v) is 5.66. The van der Waals surface area contributed by atoms with Crippen LogP contribution in [0.5, 0.6) is 0 Å². The molecule has 0 spiro atoms. The number of carbonyl (C=O) groups excluding carboxylic acids is 1. The highest BCUT2D eigenvalue weighted by molar-refractivity contribution is 5.90. The average molecular weight is 338 g/mol. The first-order valence-electron chi connectivity index (χ1n) is 9.28. The molecule has 2 aromatic rings. The van der Waals surface area contributed by atoms with Gasteiger partial charge in [0.05, 0.1) is 19.6 Å². The van der Waals surface area contributed by atoms with Gasteiger partial charge in [-0.3, -0.25) is 9.69 Å². The van der Waals surface area contributed by atoms with Gasteiger partial charge in [-0.1, -0.05) is 49.4 Å². The van der Waals surface area contributed by atoms with Gasteiger partial charge >= 0.3 is 0 Å². The number of hydrogen-bond donors (Lipinski definition) is 0. The zero-order chi connectivity index (χ0) is 17.2. The Kier molecular flexibility index (Phi) is 4.73. The largest absolute Gasteiger partial charge is 0.379 e. The minimum atomic E-state index is 0.249. The van der Waals surface area contributed by atoms with Crippen LogP contribution in [0, 0.1) is 5.92 Å². The van der Waals surface area contributed by atoms with Crippen molar-refractivity contribution in [3.8, 4) is 0 Å². The van der Waals surface area contributed by atoms with Crippen LogP contribution in [0.3, 0.4) is 0 Å². The quantitative estimate of drug-likeness (QED) is 0.862. The molecule has 0 unspecified atom stereocenters. The minimum Gasteiger partial charge on any atom is -0.379 e. The second-order valence-electron chi connectivity index (χ2n) is 7.31. The molecule has 2 atom stereocenters. The van der Waals surface area contributed by atoms with Gasteiger partial charge in [-0.25, -0.2) is 0 Å². The summed E-state index contributed by atoms with van der Waals surface area (Å²) in [6, 6.07) is 15.0. The minimum absolute atomic E-state index is 0.249. The van der Waals surface area contributed by atoms with Crippen molar-refractivity contribution in [3.05, 3.63) is 48.0 Å². The molecule has 2 aliphatic heterocycles. The van der Waals surface area contributed by atoms with E-state index in [2.05, 4.69) is 41.0 Å². The first-order chi connectivity index (χ1) is 12.2. The van der Waals surface area contributed by atoms with Crippen LogP contribution in [-0.4, -0.2) is 61.1 Å². The Bertz CT molecular complexity index is 749. The molecule has 0 aromatic heterocycles. The van der Waals surface area contributed by atoms with Crippen LogP contribution in [0.1, 0.15) is 12.5 Å². The number of amides is 1. The van der Waals surface area contributed by atoms with Crippen LogP contribution >= 0.6 is 0 Å². The van der Waals surface area contributed by atoms with Crippen molar-refractivity contribution >= 4 is 16.7 Å². The zero-order valence-corrected chi connectivity index (χ0v) is 14.9. The maximum absolute atomic E-state index is 12.9. The molecule has 2 fully saturated rings. The van der Waals surface area contributed by atoms with Gasteiger partial charge in [-0.05, 0) is 22.3 Å². The molecular formula is C21H26N2O2. The highest BCUT2D eigenvalue weighted by Gasteiger charge is 2.36. The summed E-state index contributed by atoms with van der Waals surface area (Å²) >= 11 is 0. The zero-order valence-electron chi connectivity index (χ0n) is 14.9. The fourth-order valence-electron chi connectivity index (χ4n) is 4.26. The number of likely N-dealkylation sites (tertiary alicyclic amines) is 1. The number of ether oxygens (including phenoxy) is 1. The summed E-state index contributed by atoms with van der Waals surface area (Å²) < 4.78 is 5.47. The number of benzene rings is 2. The summed E-state index contributed by atoms with van der Waals surface area (Å²) in [5.74, 6) is 0.772. The topological polar surface area (TPSA) is 32.8 Å². The lowest BCUT2D eigenvalue weighted by Gasteiger charge is -2.34. The lowest BCUT2D eigenvalue weighted by molar-refractivity contribution is -0.129. The molecule has 2 aromatic carbocycles. The molecule has 2 heterocycles. The van der Waals surface area contributed by atoms with Gasteiger partial charge in [0, 0.05) is 32.2 Å². The Labute approximate surface area is 149 Å². The molecule has 4 heteroatoms. The fraction of sp³-hybridized carbons (Fsp3) is 0.476. The Balaban J connectivity index is 1.46. The SMILES string of the molecule is C[C@@H]1CN(C(=O)Cc2cccc3ccccc23)C[C@@H]1N1CCOCC1. The van der Waals surface area contributed by atoms with Crippen molar-refractivity contribution in [1.29, 1.82) is 0 Å². The third-order valence-electron chi connectivity index (χ3n) is 5.66. The van der Waals surface area contributed by atoms with E-state index < -0.39 is 0 Å². The number of fused-ring (bicyclic) bond motifs is 1. The molecule has 0 saturated carbocycles. The first-order valence-corrected chi connectivity index (χ1v) is 9.28. The van der Waals surface area contributed by atoms with Crippen molar-refractivity contribution in [2.75, 3.05) is 39.4 Å². The van der Waals surface area contributed by atoms with Crippen LogP contribution in [0.15, 0.2) is 42.5 Å². The smallest absolute Gasteiger partial charge is 0.227 e. The van der Waals surface area contributed by atoms with Crippen LogP contribution in [0.4, 0.5) is 0 Å². The average Bonchev–Trinajstić information content (AvgIpc) is 3.05. The van der Waals surface area contributed by atoms with Crippen molar-refractivity contribution in [3.63, 3.8) is 0 Å². The molecule has 4 nitrogen and oxygen atoms in total. The van der Waals surface area contributed by atoms with Crippen LogP contribution in [0.25, 0.3) is 10.8 Å². The number of hydrogen-bond acceptors (Lipinski definition) is 3. The molecule has 25 heavy (non-hydrogen) atoms. The molecule has 0 aliphatic carbocycles. The monoisotopic (exact) mass is 338 g/mol. The Morgan fingerprint density at radius 3 is 2.68 bits per heavy atom. The Morgan fingerprint density at radius 1 is 1.08 bits per heavy atom. The molecule has 0 bridgehead atoms. The summed E-state index contributed by atoms with van der Waals surface area (Å²) in [6.45, 7) is 7.59. The molecule has 0 N–H and O–H groups in total. The van der Waals surface area contributed by atoms with Crippen molar-refractivity contribution < 1.29 is 9.53 Å². The lowest BCUT2D eigenvalue weighted by atomic mass is 10.0. The van der Waals surface area contributed by atoms with Crippen LogP contribution < -0.4 is 0 Å². The van der Waals surface area contributed by atoms with E-state index in [4.69, 9.17) is 4.74 Å². The predicted octanol–water partition coefficient (Wildman–Crippen LogP) is 2.56. The maximum atomic E-state index is 12.9. The first kappa shape index (κ1) is 16.6. The van der Waals surface area contributed by atoms with Crippen LogP contribution in [-0.2, 0) is 16.0 Å². The molecular weight excluding hydrogens is 312 g/mol. The third kappa shape index (κ3) is 3.42. The highest BCUT2D eigenvalue weighted by Crippen LogP contribution is 2.25. The van der Waals surface area contributed by atoms with Gasteiger partial charge in [-0.2, -0.15) is 0 Å². The van der Waals surface area contributed by atoms with E-state index in [0.717, 1.165) is 45.0 Å². The van der Waals surface area contributed by atoms with Crippen LogP contribution in [0.2, 0.25) is 0 Å². The number of rotatable bonds is 3. The van der Waals surface area contributed by atoms with Crippen molar-refractivity contribution in [2.24, 2.45) is 5.92 Å². The van der Waals surface area contributed by atoms with Gasteiger partial charge < -0.3 is 9.64 Å². The van der Waals surface area contributed by atoms with Crippen molar-refractivity contribution in [2.45, 2.75) is 19.4 Å². The van der Waals surface area contributed by atoms with E-state index in [1.165, 1.54) is 10.8 Å². The molecule has 2 aliphatic rings. The Morgan fingerprint density at radius 2 is 1.84 bits per heavy atom. The van der Waals surface area contributed by atoms with E-state index in [0.29, 0.717) is 18.4 Å². The fourth-order valence-corrected chi connectivity index (χ4v) is 4.26. The second-order valence-corrected chi connectivity index (χ2v) is 7.31. The van der Waals surface area contributed by atoms with E-state index in [9.17, 15) is 4.79 Å². The van der Waals surface area contributed by atoms with E-state index in [1.54, 1.807) is 0 Å². The summed E-state index contributed by atoms with van der Waals surface area (Å²) in [5, 5.41) is 2.39. The summed E-state index contributed by atoms with van der Waals surface area (Å²) in [4.78, 5) is 17.5. The Hall–Kier alpha value is -1.91. The molecule has 0 radical (unpaired) electrons. The van der Waals surface area contributed by atoms with Crippen molar-refractivity contribution in [1.82, 2.24) is 9.80 Å². The molecule has 132 valence electrons. The predicted molar refractivity (Wildman–Crippen MR) is 99.6 cm³/mol.